The molecular weight excluding hydrogens is 795 g/mol. The van der Waals surface area contributed by atoms with Gasteiger partial charge in [-0.15, -0.1) is 5.10 Å². The number of nitrogens with zero attached hydrogens (tertiary/aromatic N) is 3. The molecule has 0 unspecified atom stereocenters. The summed E-state index contributed by atoms with van der Waals surface area (Å²) in [5, 5.41) is 28.7. The lowest BCUT2D eigenvalue weighted by molar-refractivity contribution is -0.131. The van der Waals surface area contributed by atoms with Gasteiger partial charge in [-0.3, -0.25) is 57.3 Å². The van der Waals surface area contributed by atoms with Crippen LogP contribution >= 0.6 is 20.2 Å². The molecule has 11 amide bonds. The van der Waals surface area contributed by atoms with Gasteiger partial charge in [0.2, 0.25) is 65.0 Å². The van der Waals surface area contributed by atoms with E-state index in [2.05, 4.69) is 76.1 Å². The second kappa shape index (κ2) is 24.3. The molecule has 0 saturated heterocycles. The second-order valence-electron chi connectivity index (χ2n) is 11.0. The fraction of sp³-hybridized carbons (Fsp3) is 0.500. The lowest BCUT2D eigenvalue weighted by Crippen LogP contribution is -2.53. The molecule has 30 heteroatoms. The minimum Gasteiger partial charge on any atom is -0.368 e. The zero-order valence-corrected chi connectivity index (χ0v) is 31.2. The molecule has 0 aliphatic heterocycles. The van der Waals surface area contributed by atoms with Gasteiger partial charge in [-0.1, -0.05) is 5.21 Å². The Kier molecular flexibility index (Phi) is 20.7. The van der Waals surface area contributed by atoms with E-state index < -0.39 is 149 Å². The molecule has 0 bridgehead atoms. The Labute approximate surface area is 321 Å². The molecule has 0 aliphatic rings. The molecule has 0 aromatic carbocycles. The minimum absolute atomic E-state index is 0.0409. The van der Waals surface area contributed by atoms with Gasteiger partial charge in [0.05, 0.1) is 65.1 Å². The fourth-order valence-electron chi connectivity index (χ4n) is 3.61. The van der Waals surface area contributed by atoms with Crippen molar-refractivity contribution in [2.24, 2.45) is 5.73 Å². The third kappa shape index (κ3) is 20.9. The number of hydrogen-bond acceptors (Lipinski definition) is 15. The van der Waals surface area contributed by atoms with E-state index in [4.69, 9.17) is 5.73 Å². The Morgan fingerprint density at radius 3 is 1.38 bits per heavy atom. The van der Waals surface area contributed by atoms with Crippen LogP contribution in [-0.4, -0.2) is 160 Å². The number of aromatic nitrogens is 3. The van der Waals surface area contributed by atoms with E-state index in [-0.39, 0.29) is 5.75 Å². The second-order valence-corrected chi connectivity index (χ2v) is 12.9. The van der Waals surface area contributed by atoms with Crippen molar-refractivity contribution in [1.82, 2.24) is 68.2 Å². The van der Waals surface area contributed by atoms with Gasteiger partial charge in [-0.05, 0) is 0 Å². The van der Waals surface area contributed by atoms with Crippen molar-refractivity contribution in [2.45, 2.75) is 25.6 Å². The van der Waals surface area contributed by atoms with Gasteiger partial charge in [-0.25, -0.2) is 4.68 Å². The van der Waals surface area contributed by atoms with E-state index in [1.165, 1.54) is 6.92 Å². The summed E-state index contributed by atoms with van der Waals surface area (Å²) in [5.41, 5.74) is 4.13. The lowest BCUT2D eigenvalue weighted by atomic mass is 10.2. The van der Waals surface area contributed by atoms with E-state index in [0.717, 1.165) is 10.9 Å². The number of nitrogens with two attached hydrogens (primary N) is 1. The van der Waals surface area contributed by atoms with Gasteiger partial charge in [0.25, 0.3) is 0 Å². The van der Waals surface area contributed by atoms with Crippen LogP contribution in [0.15, 0.2) is 6.20 Å². The molecule has 1 rings (SSSR count). The molecule has 0 aliphatic carbocycles. The Morgan fingerprint density at radius 2 is 1.02 bits per heavy atom. The van der Waals surface area contributed by atoms with Crippen molar-refractivity contribution in [3.05, 3.63) is 6.20 Å². The average Bonchev–Trinajstić information content (AvgIpc) is 3.62. The molecule has 1 aromatic heterocycles. The summed E-state index contributed by atoms with van der Waals surface area (Å²) in [4.78, 5) is 150. The highest BCUT2D eigenvalue weighted by Gasteiger charge is 2.26. The van der Waals surface area contributed by atoms with E-state index in [1.54, 1.807) is 0 Å². The first-order valence-corrected chi connectivity index (χ1v) is 18.0. The quantitative estimate of drug-likeness (QED) is 0.0340. The molecule has 56 heavy (non-hydrogen) atoms. The van der Waals surface area contributed by atoms with Crippen molar-refractivity contribution >= 4 is 90.6 Å². The molecule has 1 heterocycles. The first-order valence-electron chi connectivity index (χ1n) is 15.8. The van der Waals surface area contributed by atoms with Crippen LogP contribution in [0.4, 0.5) is 0 Å². The van der Waals surface area contributed by atoms with Crippen LogP contribution in [0.1, 0.15) is 6.92 Å². The fourth-order valence-corrected chi connectivity index (χ4v) is 4.31. The average molecular weight is 837 g/mol. The maximum absolute atomic E-state index is 12.9. The number of carbonyl (C=O) groups excluding carboxylic acids is 11. The highest BCUT2D eigenvalue weighted by atomic mass is 32.1. The Morgan fingerprint density at radius 1 is 0.643 bits per heavy atom. The van der Waals surface area contributed by atoms with Crippen molar-refractivity contribution in [1.29, 1.82) is 0 Å². The third-order valence-corrected chi connectivity index (χ3v) is 7.43. The zero-order valence-electron chi connectivity index (χ0n) is 29.4. The van der Waals surface area contributed by atoms with E-state index in [9.17, 15) is 67.1 Å². The first-order chi connectivity index (χ1) is 26.2. The highest BCUT2D eigenvalue weighted by Crippen LogP contribution is 2.31. The zero-order chi connectivity index (χ0) is 42.4. The van der Waals surface area contributed by atoms with Gasteiger partial charge < -0.3 is 68.7 Å². The SMILES string of the molecule is CC(=O)N[C@@H](CS)C(=O)NCC(=O)NCC(=O)NCC(=O)NCC(=O)N[C@@H](Cn1cc(P(=O)(O)O)nn1)C(=O)NCC(=O)NCC(=O)NCC(=O)NCC(N)=O. The van der Waals surface area contributed by atoms with Gasteiger partial charge in [-0.2, -0.15) is 12.6 Å². The number of carbonyl (C=O) groups is 11. The van der Waals surface area contributed by atoms with Gasteiger partial charge in [0.1, 0.15) is 12.1 Å². The Bertz CT molecular complexity index is 1700. The van der Waals surface area contributed by atoms with Crippen LogP contribution in [0.25, 0.3) is 0 Å². The number of primary amides is 1. The molecule has 0 spiro atoms. The summed E-state index contributed by atoms with van der Waals surface area (Å²) >= 11 is 3.93. The summed E-state index contributed by atoms with van der Waals surface area (Å²) in [7, 11) is -4.85. The maximum Gasteiger partial charge on any atom is 0.377 e. The smallest absolute Gasteiger partial charge is 0.368 e. The largest absolute Gasteiger partial charge is 0.377 e. The minimum atomic E-state index is -4.85. The van der Waals surface area contributed by atoms with Crippen LogP contribution in [0.3, 0.4) is 0 Å². The molecule has 28 nitrogen and oxygen atoms in total. The molecular formula is C26H41N14O14PS. The topological polar surface area (TPSA) is 422 Å². The van der Waals surface area contributed by atoms with Gasteiger partial charge in [0.15, 0.2) is 5.44 Å². The van der Waals surface area contributed by atoms with E-state index >= 15 is 0 Å². The summed E-state index contributed by atoms with van der Waals surface area (Å²) in [5.74, 6) is -9.00. The number of amides is 11. The molecule has 310 valence electrons. The van der Waals surface area contributed by atoms with Crippen LogP contribution in [0.5, 0.6) is 0 Å². The maximum atomic E-state index is 12.9. The number of thiol groups is 1. The standard InChI is InChI=1S/C26H41N14O14PS/c1-13(41)36-15(12-56)26(51)35-8-22(48)32-5-19(45)30-6-20(46)33-9-23(49)37-14(10-40-11-24(38-39-40)55(52,53)54)25(50)34-7-21(47)31-4-18(44)29-3-17(43)28-2-16(27)42/h11,14-15,56H,2-10,12H2,1H3,(H2,27,42)(H,28,43)(H,29,44)(H,30,45)(H,31,47)(H,32,48)(H,33,46)(H,34,50)(H,35,51)(H,36,41)(H,37,49)(H2,52,53,54)/t14-,15-/m0/s1. The molecule has 0 saturated carbocycles. The molecule has 0 fully saturated rings. The summed E-state index contributed by atoms with van der Waals surface area (Å²) < 4.78 is 12.3. The predicted molar refractivity (Wildman–Crippen MR) is 188 cm³/mol. The number of nitrogens with one attached hydrogen (secondary N) is 10. The Balaban J connectivity index is 2.62. The monoisotopic (exact) mass is 836 g/mol. The number of rotatable bonds is 24. The molecule has 0 radical (unpaired) electrons. The Hall–Kier alpha value is -6.19. The van der Waals surface area contributed by atoms with Crippen molar-refractivity contribution in [3.63, 3.8) is 0 Å². The summed E-state index contributed by atoms with van der Waals surface area (Å²) in [6, 6.07) is -2.59. The third-order valence-electron chi connectivity index (χ3n) is 6.26. The van der Waals surface area contributed by atoms with Gasteiger partial charge in [0, 0.05) is 12.7 Å². The summed E-state index contributed by atoms with van der Waals surface area (Å²) in [6.07, 6.45) is 0.794. The normalized spacial score (nSPS) is 11.6. The highest BCUT2D eigenvalue weighted by molar-refractivity contribution is 7.80. The van der Waals surface area contributed by atoms with Crippen molar-refractivity contribution in [3.8, 4) is 0 Å². The number of hydrogen-bond donors (Lipinski definition) is 14. The summed E-state index contributed by atoms with van der Waals surface area (Å²) in [6.45, 7) is -4.33. The predicted octanol–water partition coefficient (Wildman–Crippen LogP) is -10.6. The lowest BCUT2D eigenvalue weighted by Gasteiger charge is -2.18. The first kappa shape index (κ1) is 47.8. The van der Waals surface area contributed by atoms with Crippen LogP contribution in [0, 0.1) is 0 Å². The molecule has 1 aromatic rings. The van der Waals surface area contributed by atoms with Crippen molar-refractivity contribution in [2.75, 3.05) is 58.1 Å². The van der Waals surface area contributed by atoms with Crippen molar-refractivity contribution < 1.29 is 67.1 Å². The molecule has 2 atom stereocenters. The molecule has 14 N–H and O–H groups in total. The van der Waals surface area contributed by atoms with E-state index in [0.29, 0.717) is 0 Å². The van der Waals surface area contributed by atoms with Crippen LogP contribution in [-0.2, 0) is 63.8 Å². The van der Waals surface area contributed by atoms with E-state index in [1.807, 2.05) is 0 Å². The van der Waals surface area contributed by atoms with Gasteiger partial charge >= 0.3 is 7.60 Å². The van der Waals surface area contributed by atoms with Crippen LogP contribution < -0.4 is 64.3 Å². The van der Waals surface area contributed by atoms with Crippen LogP contribution in [0.2, 0.25) is 0 Å².